The maximum atomic E-state index is 5.32. The van der Waals surface area contributed by atoms with Gasteiger partial charge in [-0.2, -0.15) is 0 Å². The number of nitrogens with one attached hydrogen (secondary N) is 1. The number of methoxy groups -OCH3 is 1. The maximum Gasteiger partial charge on any atom is 0.160 e. The van der Waals surface area contributed by atoms with Crippen molar-refractivity contribution in [2.24, 2.45) is 5.41 Å². The van der Waals surface area contributed by atoms with Gasteiger partial charge in [-0.15, -0.1) is 0 Å². The smallest absolute Gasteiger partial charge is 0.160 e. The highest BCUT2D eigenvalue weighted by atomic mass is 16.5. The monoisotopic (exact) mass is 234 g/mol. The number of pyridine rings is 1. The summed E-state index contributed by atoms with van der Waals surface area (Å²) in [6, 6.07) is 2.06. The third-order valence-electron chi connectivity index (χ3n) is 3.62. The van der Waals surface area contributed by atoms with Gasteiger partial charge in [0.05, 0.1) is 19.0 Å². The average molecular weight is 234 g/mol. The van der Waals surface area contributed by atoms with Crippen LogP contribution in [0.1, 0.15) is 38.3 Å². The van der Waals surface area contributed by atoms with Crippen LogP contribution in [0, 0.1) is 12.3 Å². The molecule has 1 saturated carbocycles. The molecule has 1 fully saturated rings. The van der Waals surface area contributed by atoms with Crippen molar-refractivity contribution >= 4 is 5.69 Å². The van der Waals surface area contributed by atoms with Crippen molar-refractivity contribution in [3.05, 3.63) is 18.0 Å². The molecule has 1 aromatic rings. The van der Waals surface area contributed by atoms with Crippen LogP contribution in [0.4, 0.5) is 5.69 Å². The van der Waals surface area contributed by atoms with Gasteiger partial charge in [0.2, 0.25) is 0 Å². The minimum absolute atomic E-state index is 0.553. The molecule has 94 valence electrons. The summed E-state index contributed by atoms with van der Waals surface area (Å²) < 4.78 is 5.32. The van der Waals surface area contributed by atoms with E-state index in [1.807, 2.05) is 6.92 Å². The predicted molar refractivity (Wildman–Crippen MR) is 70.6 cm³/mol. The first-order valence-corrected chi connectivity index (χ1v) is 6.44. The van der Waals surface area contributed by atoms with Crippen molar-refractivity contribution in [2.75, 3.05) is 19.0 Å². The molecule has 1 aliphatic rings. The summed E-state index contributed by atoms with van der Waals surface area (Å²) in [5.74, 6) is 0.836. The van der Waals surface area contributed by atoms with Crippen LogP contribution in [0.15, 0.2) is 12.3 Å². The van der Waals surface area contributed by atoms with Crippen molar-refractivity contribution in [2.45, 2.75) is 39.5 Å². The van der Waals surface area contributed by atoms with Gasteiger partial charge in [0.25, 0.3) is 0 Å². The zero-order valence-electron chi connectivity index (χ0n) is 11.0. The van der Waals surface area contributed by atoms with Gasteiger partial charge < -0.3 is 10.1 Å². The quantitative estimate of drug-likeness (QED) is 0.819. The lowest BCUT2D eigenvalue weighted by Gasteiger charge is -2.17. The lowest BCUT2D eigenvalue weighted by molar-refractivity contribution is 0.413. The van der Waals surface area contributed by atoms with Crippen LogP contribution >= 0.6 is 0 Å². The first-order valence-electron chi connectivity index (χ1n) is 6.44. The Balaban J connectivity index is 2.01. The molecular formula is C14H22N2O. The fraction of sp³-hybridized carbons (Fsp3) is 0.643. The Morgan fingerprint density at radius 3 is 2.82 bits per heavy atom. The number of aryl methyl sites for hydroxylation is 1. The molecule has 0 aromatic carbocycles. The molecule has 0 aliphatic heterocycles. The molecule has 0 amide bonds. The van der Waals surface area contributed by atoms with Gasteiger partial charge in [-0.25, -0.2) is 0 Å². The number of hydrogen-bond donors (Lipinski definition) is 1. The van der Waals surface area contributed by atoms with Crippen LogP contribution in [-0.4, -0.2) is 18.6 Å². The molecule has 3 heteroatoms. The molecule has 1 aromatic heterocycles. The van der Waals surface area contributed by atoms with Crippen LogP contribution in [0.5, 0.6) is 5.75 Å². The Hall–Kier alpha value is -1.25. The molecule has 0 radical (unpaired) electrons. The molecule has 1 aliphatic carbocycles. The summed E-state index contributed by atoms with van der Waals surface area (Å²) in [5.41, 5.74) is 2.65. The molecule has 0 unspecified atom stereocenters. The van der Waals surface area contributed by atoms with E-state index in [0.29, 0.717) is 5.41 Å². The number of rotatable bonds is 6. The lowest BCUT2D eigenvalue weighted by atomic mass is 10.0. The molecule has 0 spiro atoms. The second kappa shape index (κ2) is 4.94. The van der Waals surface area contributed by atoms with E-state index >= 15 is 0 Å². The summed E-state index contributed by atoms with van der Waals surface area (Å²) in [7, 11) is 1.69. The first kappa shape index (κ1) is 12.2. The van der Waals surface area contributed by atoms with Gasteiger partial charge in [-0.05, 0) is 37.7 Å². The Kier molecular flexibility index (Phi) is 3.55. The number of nitrogens with zero attached hydrogens (tertiary/aromatic N) is 1. The minimum Gasteiger partial charge on any atom is -0.493 e. The van der Waals surface area contributed by atoms with Crippen LogP contribution in [0.25, 0.3) is 0 Å². The molecule has 3 nitrogen and oxygen atoms in total. The Morgan fingerprint density at radius 1 is 1.47 bits per heavy atom. The summed E-state index contributed by atoms with van der Waals surface area (Å²) in [6.45, 7) is 5.32. The van der Waals surface area contributed by atoms with E-state index in [-0.39, 0.29) is 0 Å². The molecule has 1 N–H and O–H groups in total. The van der Waals surface area contributed by atoms with Crippen molar-refractivity contribution in [3.63, 3.8) is 0 Å². The van der Waals surface area contributed by atoms with Gasteiger partial charge in [0.1, 0.15) is 0 Å². The number of hydrogen-bond acceptors (Lipinski definition) is 3. The summed E-state index contributed by atoms with van der Waals surface area (Å²) >= 11 is 0. The van der Waals surface area contributed by atoms with E-state index in [9.17, 15) is 0 Å². The molecule has 0 atom stereocenters. The van der Waals surface area contributed by atoms with E-state index in [1.54, 1.807) is 13.3 Å². The minimum atomic E-state index is 0.553. The highest BCUT2D eigenvalue weighted by Crippen LogP contribution is 2.49. The zero-order valence-corrected chi connectivity index (χ0v) is 11.0. The third-order valence-corrected chi connectivity index (χ3v) is 3.62. The molecular weight excluding hydrogens is 212 g/mol. The fourth-order valence-corrected chi connectivity index (χ4v) is 2.35. The zero-order chi connectivity index (χ0) is 12.3. The largest absolute Gasteiger partial charge is 0.493 e. The molecule has 0 saturated heterocycles. The molecule has 1 heterocycles. The second-order valence-corrected chi connectivity index (χ2v) is 5.13. The van der Waals surface area contributed by atoms with Crippen molar-refractivity contribution < 1.29 is 4.74 Å². The van der Waals surface area contributed by atoms with E-state index < -0.39 is 0 Å². The third kappa shape index (κ3) is 2.90. The van der Waals surface area contributed by atoms with Crippen molar-refractivity contribution in [1.29, 1.82) is 0 Å². The Bertz CT molecular complexity index is 386. The van der Waals surface area contributed by atoms with Crippen LogP contribution in [0.3, 0.4) is 0 Å². The number of ether oxygens (including phenoxy) is 1. The van der Waals surface area contributed by atoms with E-state index in [4.69, 9.17) is 4.74 Å². The Morgan fingerprint density at radius 2 is 2.24 bits per heavy atom. The Labute approximate surface area is 104 Å². The highest BCUT2D eigenvalue weighted by Gasteiger charge is 2.41. The maximum absolute atomic E-state index is 5.32. The van der Waals surface area contributed by atoms with E-state index in [1.165, 1.54) is 25.7 Å². The van der Waals surface area contributed by atoms with Gasteiger partial charge in [0.15, 0.2) is 5.75 Å². The number of aromatic nitrogens is 1. The first-order chi connectivity index (χ1) is 8.19. The van der Waals surface area contributed by atoms with Crippen LogP contribution in [-0.2, 0) is 0 Å². The SMILES string of the molecule is CCCC1(CNc2cc(C)ncc2OC)CC1. The van der Waals surface area contributed by atoms with E-state index in [2.05, 4.69) is 23.3 Å². The number of anilines is 1. The topological polar surface area (TPSA) is 34.2 Å². The molecule has 0 bridgehead atoms. The van der Waals surface area contributed by atoms with E-state index in [0.717, 1.165) is 23.7 Å². The standard InChI is InChI=1S/C14H22N2O/c1-4-5-14(6-7-14)10-16-12-8-11(2)15-9-13(12)17-3/h8-9H,4-7,10H2,1-3H3,(H,15,16). The fourth-order valence-electron chi connectivity index (χ4n) is 2.35. The van der Waals surface area contributed by atoms with Crippen LogP contribution in [0.2, 0.25) is 0 Å². The van der Waals surface area contributed by atoms with Crippen LogP contribution < -0.4 is 10.1 Å². The lowest BCUT2D eigenvalue weighted by Crippen LogP contribution is -2.15. The summed E-state index contributed by atoms with van der Waals surface area (Å²) in [6.07, 6.45) is 7.11. The second-order valence-electron chi connectivity index (χ2n) is 5.13. The predicted octanol–water partition coefficient (Wildman–Crippen LogP) is 3.39. The molecule has 2 rings (SSSR count). The summed E-state index contributed by atoms with van der Waals surface area (Å²) in [5, 5.41) is 3.53. The van der Waals surface area contributed by atoms with Gasteiger partial charge >= 0.3 is 0 Å². The van der Waals surface area contributed by atoms with Gasteiger partial charge in [0, 0.05) is 12.2 Å². The van der Waals surface area contributed by atoms with Gasteiger partial charge in [-0.1, -0.05) is 13.3 Å². The normalized spacial score (nSPS) is 16.6. The van der Waals surface area contributed by atoms with Crippen molar-refractivity contribution in [3.8, 4) is 5.75 Å². The van der Waals surface area contributed by atoms with Gasteiger partial charge in [-0.3, -0.25) is 4.98 Å². The highest BCUT2D eigenvalue weighted by molar-refractivity contribution is 5.56. The molecule has 17 heavy (non-hydrogen) atoms. The average Bonchev–Trinajstić information content (AvgIpc) is 3.08. The van der Waals surface area contributed by atoms with Crippen molar-refractivity contribution in [1.82, 2.24) is 4.98 Å². The summed E-state index contributed by atoms with van der Waals surface area (Å²) in [4.78, 5) is 4.24.